The van der Waals surface area contributed by atoms with Crippen molar-refractivity contribution in [3.05, 3.63) is 94.4 Å². The van der Waals surface area contributed by atoms with E-state index in [1.807, 2.05) is 13.0 Å². The van der Waals surface area contributed by atoms with E-state index in [-0.39, 0.29) is 85.6 Å². The van der Waals surface area contributed by atoms with E-state index in [9.17, 15) is 28.4 Å². The number of piperidine rings is 1. The van der Waals surface area contributed by atoms with E-state index in [1.54, 1.807) is 48.7 Å². The minimum Gasteiger partial charge on any atom is -0.490 e. The number of imide groups is 2. The Morgan fingerprint density at radius 3 is 2.45 bits per heavy atom. The molecular weight excluding hydrogens is 731 g/mol. The van der Waals surface area contributed by atoms with E-state index >= 15 is 0 Å². The van der Waals surface area contributed by atoms with Crippen LogP contribution in [-0.4, -0.2) is 71.9 Å². The molecule has 1 aliphatic carbocycles. The zero-order valence-corrected chi connectivity index (χ0v) is 30.9. The van der Waals surface area contributed by atoms with Gasteiger partial charge in [0.25, 0.3) is 11.8 Å². The van der Waals surface area contributed by atoms with Crippen molar-refractivity contribution in [2.24, 2.45) is 11.8 Å². The summed E-state index contributed by atoms with van der Waals surface area (Å²) >= 11 is 6.38. The van der Waals surface area contributed by atoms with Crippen LogP contribution >= 0.6 is 11.6 Å². The van der Waals surface area contributed by atoms with Crippen LogP contribution in [0.3, 0.4) is 0 Å². The largest absolute Gasteiger partial charge is 0.490 e. The fourth-order valence-electron chi connectivity index (χ4n) is 7.72. The first-order valence-corrected chi connectivity index (χ1v) is 18.8. The van der Waals surface area contributed by atoms with Crippen molar-refractivity contribution in [3.8, 4) is 11.5 Å². The van der Waals surface area contributed by atoms with Crippen LogP contribution in [0.1, 0.15) is 77.6 Å². The van der Waals surface area contributed by atoms with E-state index < -0.39 is 29.7 Å². The topological polar surface area (TPSA) is 153 Å². The third kappa shape index (κ3) is 8.18. The van der Waals surface area contributed by atoms with Crippen LogP contribution in [-0.2, 0) is 19.1 Å². The number of hydrogen-bond donors (Lipinski definition) is 2. The third-order valence-electron chi connectivity index (χ3n) is 10.7. The molecule has 3 aliphatic rings. The number of nitrogens with zero attached hydrogens (tertiary/aromatic N) is 2. The standard InChI is InChI=1S/C41H40ClFN4O8/c1-23(24-5-7-25(8-6-24)28-15-16-44-32-12-9-26(43)21-30(28)32)38(49)45-27-10-11-31(42)35(22-27)55-20-18-53-17-19-54-34-4-2-3-29-37(34)41(52)47(40(29)51)33-13-14-36(48)46-39(33)50/h2-4,9-12,15-16,21-25,33H,5-8,13-14,17-20H2,1H3,(H,45,49)(H,46,48,50)/t23-,24-,25+,33?/m1/s1. The van der Waals surface area contributed by atoms with Gasteiger partial charge >= 0.3 is 0 Å². The van der Waals surface area contributed by atoms with Crippen molar-refractivity contribution >= 4 is 57.7 Å². The van der Waals surface area contributed by atoms with Crippen LogP contribution in [0.15, 0.2) is 66.9 Å². The molecule has 0 radical (unpaired) electrons. The maximum Gasteiger partial charge on any atom is 0.266 e. The second-order valence-corrected chi connectivity index (χ2v) is 14.4. The summed E-state index contributed by atoms with van der Waals surface area (Å²) in [6.07, 6.45) is 5.45. The SMILES string of the molecule is C[C@@H](C(=O)Nc1ccc(Cl)c(OCCOCCOc2cccc3c2C(=O)N(C2CCC(=O)NC2=O)C3=O)c1)[C@H]1CC[C@@H](c2ccnc3ccc(F)cc32)CC1. The van der Waals surface area contributed by atoms with Crippen molar-refractivity contribution in [2.45, 2.75) is 57.4 Å². The smallest absolute Gasteiger partial charge is 0.266 e. The summed E-state index contributed by atoms with van der Waals surface area (Å²) in [5.41, 5.74) is 2.65. The Kier molecular flexibility index (Phi) is 11.4. The van der Waals surface area contributed by atoms with Gasteiger partial charge in [-0.2, -0.15) is 0 Å². The Labute approximate surface area is 321 Å². The van der Waals surface area contributed by atoms with Gasteiger partial charge in [0.05, 0.1) is 34.9 Å². The first kappa shape index (κ1) is 37.9. The van der Waals surface area contributed by atoms with Crippen molar-refractivity contribution in [1.29, 1.82) is 0 Å². The number of ether oxygens (including phenoxy) is 3. The van der Waals surface area contributed by atoms with Gasteiger partial charge in [-0.1, -0.05) is 24.6 Å². The Hall–Kier alpha value is -5.40. The van der Waals surface area contributed by atoms with E-state index in [4.69, 9.17) is 25.8 Å². The predicted octanol–water partition coefficient (Wildman–Crippen LogP) is 6.45. The molecule has 3 aromatic carbocycles. The van der Waals surface area contributed by atoms with Gasteiger partial charge in [-0.05, 0) is 98.0 Å². The minimum absolute atomic E-state index is 0.0301. The molecular formula is C41H40ClFN4O8. The molecule has 12 nitrogen and oxygen atoms in total. The Morgan fingerprint density at radius 2 is 1.69 bits per heavy atom. The monoisotopic (exact) mass is 770 g/mol. The summed E-state index contributed by atoms with van der Waals surface area (Å²) < 4.78 is 31.3. The van der Waals surface area contributed by atoms with Gasteiger partial charge in [-0.15, -0.1) is 0 Å². The lowest BCUT2D eigenvalue weighted by Gasteiger charge is -2.32. The summed E-state index contributed by atoms with van der Waals surface area (Å²) in [7, 11) is 0. The van der Waals surface area contributed by atoms with Crippen LogP contribution in [0.25, 0.3) is 10.9 Å². The maximum absolute atomic E-state index is 14.0. The summed E-state index contributed by atoms with van der Waals surface area (Å²) in [4.78, 5) is 68.8. The highest BCUT2D eigenvalue weighted by atomic mass is 35.5. The zero-order valence-electron chi connectivity index (χ0n) is 30.1. The number of hydrogen-bond acceptors (Lipinski definition) is 9. The summed E-state index contributed by atoms with van der Waals surface area (Å²) in [5.74, 6) is -1.90. The van der Waals surface area contributed by atoms with Crippen LogP contribution < -0.4 is 20.1 Å². The Bertz CT molecular complexity index is 2160. The van der Waals surface area contributed by atoms with Gasteiger partial charge in [0.1, 0.15) is 36.6 Å². The van der Waals surface area contributed by atoms with Crippen LogP contribution in [0.2, 0.25) is 5.02 Å². The quantitative estimate of drug-likeness (QED) is 0.115. The number of benzene rings is 3. The molecule has 5 amide bonds. The molecule has 3 heterocycles. The Balaban J connectivity index is 0.847. The van der Waals surface area contributed by atoms with Crippen molar-refractivity contribution in [2.75, 3.05) is 31.7 Å². The molecule has 286 valence electrons. The maximum atomic E-state index is 14.0. The van der Waals surface area contributed by atoms with Crippen LogP contribution in [0, 0.1) is 17.7 Å². The third-order valence-corrected chi connectivity index (χ3v) is 11.0. The molecule has 1 aromatic heterocycles. The highest BCUT2D eigenvalue weighted by Crippen LogP contribution is 2.41. The first-order chi connectivity index (χ1) is 26.6. The number of rotatable bonds is 13. The number of pyridine rings is 1. The molecule has 2 N–H and O–H groups in total. The van der Waals surface area contributed by atoms with Crippen molar-refractivity contribution in [1.82, 2.24) is 15.2 Å². The average molecular weight is 771 g/mol. The highest BCUT2D eigenvalue weighted by Gasteiger charge is 2.46. The number of carbonyl (C=O) groups is 5. The summed E-state index contributed by atoms with van der Waals surface area (Å²) in [6, 6.07) is 15.3. The Morgan fingerprint density at radius 1 is 0.927 bits per heavy atom. The van der Waals surface area contributed by atoms with Crippen LogP contribution in [0.4, 0.5) is 10.1 Å². The predicted molar refractivity (Wildman–Crippen MR) is 201 cm³/mol. The lowest BCUT2D eigenvalue weighted by atomic mass is 9.73. The molecule has 14 heteroatoms. The molecule has 55 heavy (non-hydrogen) atoms. The lowest BCUT2D eigenvalue weighted by Crippen LogP contribution is -2.54. The lowest BCUT2D eigenvalue weighted by molar-refractivity contribution is -0.136. The number of carbonyl (C=O) groups excluding carboxylic acids is 5. The zero-order chi connectivity index (χ0) is 38.6. The second kappa shape index (κ2) is 16.5. The normalized spacial score (nSPS) is 20.3. The fraction of sp³-hybridized carbons (Fsp3) is 0.366. The van der Waals surface area contributed by atoms with Gasteiger partial charge in [-0.3, -0.25) is 39.2 Å². The van der Waals surface area contributed by atoms with Gasteiger partial charge < -0.3 is 19.5 Å². The molecule has 1 unspecified atom stereocenters. The van der Waals surface area contributed by atoms with Crippen molar-refractivity contribution in [3.63, 3.8) is 0 Å². The molecule has 0 bridgehead atoms. The summed E-state index contributed by atoms with van der Waals surface area (Å²) in [5, 5.41) is 6.41. The summed E-state index contributed by atoms with van der Waals surface area (Å²) in [6.45, 7) is 2.51. The molecule has 2 fully saturated rings. The molecule has 4 aromatic rings. The second-order valence-electron chi connectivity index (χ2n) is 14.0. The minimum atomic E-state index is -1.07. The number of aromatic nitrogens is 1. The van der Waals surface area contributed by atoms with Gasteiger partial charge in [-0.25, -0.2) is 4.39 Å². The number of fused-ring (bicyclic) bond motifs is 2. The van der Waals surface area contributed by atoms with Gasteiger partial charge in [0.15, 0.2) is 0 Å². The number of nitrogens with one attached hydrogen (secondary N) is 2. The highest BCUT2D eigenvalue weighted by molar-refractivity contribution is 6.32. The van der Waals surface area contributed by atoms with E-state index in [0.29, 0.717) is 16.5 Å². The first-order valence-electron chi connectivity index (χ1n) is 18.4. The number of amides is 5. The molecule has 1 saturated heterocycles. The molecule has 0 spiro atoms. The van der Waals surface area contributed by atoms with Gasteiger partial charge in [0, 0.05) is 35.7 Å². The van der Waals surface area contributed by atoms with Gasteiger partial charge in [0.2, 0.25) is 17.7 Å². The van der Waals surface area contributed by atoms with Crippen LogP contribution in [0.5, 0.6) is 11.5 Å². The fourth-order valence-corrected chi connectivity index (χ4v) is 7.89. The van der Waals surface area contributed by atoms with E-state index in [0.717, 1.165) is 47.0 Å². The number of halogens is 2. The molecule has 1 saturated carbocycles. The molecule has 2 atom stereocenters. The average Bonchev–Trinajstić information content (AvgIpc) is 3.44. The number of anilines is 1. The van der Waals surface area contributed by atoms with E-state index in [2.05, 4.69) is 15.6 Å². The van der Waals surface area contributed by atoms with E-state index in [1.165, 1.54) is 12.1 Å². The molecule has 7 rings (SSSR count). The molecule has 2 aliphatic heterocycles. The van der Waals surface area contributed by atoms with Crippen molar-refractivity contribution < 1.29 is 42.6 Å².